The number of aromatic nitrogens is 1. The molecule has 0 aliphatic carbocycles. The zero-order chi connectivity index (χ0) is 19.8. The number of ether oxygens (including phenoxy) is 1. The molecule has 0 bridgehead atoms. The normalized spacial score (nSPS) is 10.5. The number of carbonyl (C=O) groups excluding carboxylic acids is 2. The number of amides is 1. The maximum absolute atomic E-state index is 12.0. The molecule has 0 fully saturated rings. The Labute approximate surface area is 163 Å². The van der Waals surface area contributed by atoms with Crippen molar-refractivity contribution >= 4 is 11.9 Å². The first-order valence-electron chi connectivity index (χ1n) is 9.13. The van der Waals surface area contributed by atoms with Crippen molar-refractivity contribution in [3.8, 4) is 11.3 Å². The summed E-state index contributed by atoms with van der Waals surface area (Å²) in [4.78, 5) is 23.9. The van der Waals surface area contributed by atoms with Gasteiger partial charge in [-0.15, -0.1) is 0 Å². The van der Waals surface area contributed by atoms with Gasteiger partial charge in [0.25, 0.3) is 0 Å². The van der Waals surface area contributed by atoms with E-state index in [1.54, 1.807) is 0 Å². The molecule has 6 heteroatoms. The molecule has 28 heavy (non-hydrogen) atoms. The third-order valence-electron chi connectivity index (χ3n) is 4.20. The Bertz CT molecular complexity index is 917. The lowest BCUT2D eigenvalue weighted by atomic mass is 10.1. The van der Waals surface area contributed by atoms with Crippen LogP contribution in [0.1, 0.15) is 28.1 Å². The summed E-state index contributed by atoms with van der Waals surface area (Å²) in [6, 6.07) is 19.0. The van der Waals surface area contributed by atoms with E-state index in [1.165, 1.54) is 11.6 Å². The summed E-state index contributed by atoms with van der Waals surface area (Å²) in [6.07, 6.45) is 1.06. The largest absolute Gasteiger partial charge is 0.458 e. The highest BCUT2D eigenvalue weighted by Gasteiger charge is 2.15. The van der Waals surface area contributed by atoms with E-state index in [1.807, 2.05) is 61.5 Å². The van der Waals surface area contributed by atoms with Crippen molar-refractivity contribution in [2.24, 2.45) is 0 Å². The summed E-state index contributed by atoms with van der Waals surface area (Å²) in [5.74, 6) is -0.657. The van der Waals surface area contributed by atoms with E-state index in [4.69, 9.17) is 9.26 Å². The SMILES string of the molecule is Cc1ccc(CCC(=O)NCCOC(=O)c2cc(-c3ccccc3)no2)cc1. The summed E-state index contributed by atoms with van der Waals surface area (Å²) in [7, 11) is 0. The Morgan fingerprint density at radius 3 is 2.57 bits per heavy atom. The molecule has 0 aliphatic rings. The number of aryl methyl sites for hydroxylation is 2. The molecule has 0 atom stereocenters. The first-order valence-corrected chi connectivity index (χ1v) is 9.13. The molecular formula is C22H22N2O4. The van der Waals surface area contributed by atoms with Crippen LogP contribution < -0.4 is 5.32 Å². The van der Waals surface area contributed by atoms with Crippen LogP contribution in [-0.2, 0) is 16.0 Å². The summed E-state index contributed by atoms with van der Waals surface area (Å²) in [6.45, 7) is 2.34. The van der Waals surface area contributed by atoms with Crippen molar-refractivity contribution in [1.29, 1.82) is 0 Å². The van der Waals surface area contributed by atoms with Gasteiger partial charge in [0.1, 0.15) is 12.3 Å². The molecule has 3 aromatic rings. The minimum absolute atomic E-state index is 0.0320. The molecule has 144 valence electrons. The lowest BCUT2D eigenvalue weighted by Crippen LogP contribution is -2.28. The zero-order valence-corrected chi connectivity index (χ0v) is 15.7. The van der Waals surface area contributed by atoms with Gasteiger partial charge < -0.3 is 14.6 Å². The quantitative estimate of drug-likeness (QED) is 0.479. The van der Waals surface area contributed by atoms with Crippen molar-refractivity contribution in [3.63, 3.8) is 0 Å². The van der Waals surface area contributed by atoms with Crippen molar-refractivity contribution in [2.45, 2.75) is 19.8 Å². The smallest absolute Gasteiger partial charge is 0.377 e. The molecule has 1 N–H and O–H groups in total. The Hall–Kier alpha value is -3.41. The van der Waals surface area contributed by atoms with Crippen LogP contribution in [-0.4, -0.2) is 30.2 Å². The molecular weight excluding hydrogens is 356 g/mol. The third kappa shape index (κ3) is 5.54. The molecule has 0 saturated carbocycles. The molecule has 0 aliphatic heterocycles. The maximum atomic E-state index is 12.0. The Morgan fingerprint density at radius 1 is 1.07 bits per heavy atom. The second-order valence-corrected chi connectivity index (χ2v) is 6.41. The summed E-state index contributed by atoms with van der Waals surface area (Å²) in [5, 5.41) is 6.62. The van der Waals surface area contributed by atoms with Crippen LogP contribution in [0.3, 0.4) is 0 Å². The molecule has 1 heterocycles. The number of hydrogen-bond acceptors (Lipinski definition) is 5. The van der Waals surface area contributed by atoms with E-state index in [0.29, 0.717) is 18.5 Å². The van der Waals surface area contributed by atoms with E-state index >= 15 is 0 Å². The number of carbonyl (C=O) groups is 2. The molecule has 6 nitrogen and oxygen atoms in total. The fraction of sp³-hybridized carbons (Fsp3) is 0.227. The molecule has 2 aromatic carbocycles. The maximum Gasteiger partial charge on any atom is 0.377 e. The molecule has 1 aromatic heterocycles. The van der Waals surface area contributed by atoms with Gasteiger partial charge in [-0.2, -0.15) is 0 Å². The Kier molecular flexibility index (Phi) is 6.57. The summed E-state index contributed by atoms with van der Waals surface area (Å²) < 4.78 is 10.2. The van der Waals surface area contributed by atoms with E-state index in [9.17, 15) is 9.59 Å². The van der Waals surface area contributed by atoms with Crippen LogP contribution in [0.15, 0.2) is 65.2 Å². The highest BCUT2D eigenvalue weighted by atomic mass is 16.6. The molecule has 0 saturated heterocycles. The predicted molar refractivity (Wildman–Crippen MR) is 105 cm³/mol. The van der Waals surface area contributed by atoms with Crippen molar-refractivity contribution in [2.75, 3.05) is 13.2 Å². The second-order valence-electron chi connectivity index (χ2n) is 6.41. The molecule has 3 rings (SSSR count). The number of benzene rings is 2. The molecule has 0 radical (unpaired) electrons. The van der Waals surface area contributed by atoms with Crippen LogP contribution in [0.25, 0.3) is 11.3 Å². The number of esters is 1. The van der Waals surface area contributed by atoms with Crippen LogP contribution in [0.5, 0.6) is 0 Å². The van der Waals surface area contributed by atoms with Gasteiger partial charge in [-0.1, -0.05) is 65.3 Å². The average molecular weight is 378 g/mol. The monoisotopic (exact) mass is 378 g/mol. The van der Waals surface area contributed by atoms with Crippen LogP contribution in [0, 0.1) is 6.92 Å². The van der Waals surface area contributed by atoms with Gasteiger partial charge in [0.15, 0.2) is 0 Å². The number of nitrogens with zero attached hydrogens (tertiary/aromatic N) is 1. The average Bonchev–Trinajstić information content (AvgIpc) is 3.22. The third-order valence-corrected chi connectivity index (χ3v) is 4.20. The first-order chi connectivity index (χ1) is 13.6. The minimum atomic E-state index is -0.608. The lowest BCUT2D eigenvalue weighted by Gasteiger charge is -2.06. The second kappa shape index (κ2) is 9.50. The van der Waals surface area contributed by atoms with Crippen molar-refractivity contribution in [1.82, 2.24) is 10.5 Å². The van der Waals surface area contributed by atoms with E-state index in [0.717, 1.165) is 11.1 Å². The Balaban J connectivity index is 1.37. The Morgan fingerprint density at radius 2 is 1.82 bits per heavy atom. The predicted octanol–water partition coefficient (Wildman–Crippen LogP) is 3.56. The molecule has 0 unspecified atom stereocenters. The zero-order valence-electron chi connectivity index (χ0n) is 15.7. The highest BCUT2D eigenvalue weighted by molar-refractivity contribution is 5.87. The molecule has 1 amide bonds. The topological polar surface area (TPSA) is 81.4 Å². The van der Waals surface area contributed by atoms with Gasteiger partial charge in [-0.25, -0.2) is 4.79 Å². The summed E-state index contributed by atoms with van der Waals surface area (Å²) in [5.41, 5.74) is 3.73. The first kappa shape index (κ1) is 19.4. The van der Waals surface area contributed by atoms with Gasteiger partial charge in [0.05, 0.1) is 6.54 Å². The van der Waals surface area contributed by atoms with Gasteiger partial charge in [-0.05, 0) is 18.9 Å². The van der Waals surface area contributed by atoms with Gasteiger partial charge >= 0.3 is 5.97 Å². The van der Waals surface area contributed by atoms with Crippen molar-refractivity contribution < 1.29 is 18.8 Å². The van der Waals surface area contributed by atoms with E-state index in [-0.39, 0.29) is 24.8 Å². The lowest BCUT2D eigenvalue weighted by molar-refractivity contribution is -0.121. The standard InChI is InChI=1S/C22H22N2O4/c1-16-7-9-17(10-8-16)11-12-21(25)23-13-14-27-22(26)20-15-19(24-28-20)18-5-3-2-4-6-18/h2-10,15H,11-14H2,1H3,(H,23,25). The van der Waals surface area contributed by atoms with Gasteiger partial charge in [0.2, 0.25) is 11.7 Å². The van der Waals surface area contributed by atoms with E-state index in [2.05, 4.69) is 10.5 Å². The van der Waals surface area contributed by atoms with E-state index < -0.39 is 5.97 Å². The van der Waals surface area contributed by atoms with Gasteiger partial charge in [0, 0.05) is 18.1 Å². The van der Waals surface area contributed by atoms with Crippen molar-refractivity contribution in [3.05, 3.63) is 77.6 Å². The number of hydrogen-bond donors (Lipinski definition) is 1. The van der Waals surface area contributed by atoms with Gasteiger partial charge in [-0.3, -0.25) is 4.79 Å². The fourth-order valence-electron chi connectivity index (χ4n) is 2.62. The van der Waals surface area contributed by atoms with Crippen LogP contribution in [0.4, 0.5) is 0 Å². The summed E-state index contributed by atoms with van der Waals surface area (Å²) >= 11 is 0. The minimum Gasteiger partial charge on any atom is -0.458 e. The fourth-order valence-corrected chi connectivity index (χ4v) is 2.62. The number of rotatable bonds is 8. The molecule has 0 spiro atoms. The van der Waals surface area contributed by atoms with Crippen LogP contribution in [0.2, 0.25) is 0 Å². The highest BCUT2D eigenvalue weighted by Crippen LogP contribution is 2.18. The number of nitrogens with one attached hydrogen (secondary N) is 1. The van der Waals surface area contributed by atoms with Crippen LogP contribution >= 0.6 is 0 Å².